The Labute approximate surface area is 123 Å². The predicted octanol–water partition coefficient (Wildman–Crippen LogP) is 5.50. The van der Waals surface area contributed by atoms with Gasteiger partial charge in [0.2, 0.25) is 0 Å². The zero-order valence-electron chi connectivity index (χ0n) is 11.9. The molecule has 19 heavy (non-hydrogen) atoms. The highest BCUT2D eigenvalue weighted by atomic mass is 79.9. The molecule has 2 aromatic carbocycles. The number of hydrogen-bond donors (Lipinski definition) is 1. The number of nitrogens with two attached hydrogens (primary N) is 1. The van der Waals surface area contributed by atoms with Crippen LogP contribution in [0, 0.1) is 19.7 Å². The van der Waals surface area contributed by atoms with E-state index in [1.807, 2.05) is 52.0 Å². The van der Waals surface area contributed by atoms with E-state index in [0.29, 0.717) is 0 Å². The highest BCUT2D eigenvalue weighted by Crippen LogP contribution is 2.15. The van der Waals surface area contributed by atoms with E-state index in [1.54, 1.807) is 6.07 Å². The van der Waals surface area contributed by atoms with Gasteiger partial charge in [0.05, 0.1) is 0 Å². The minimum Gasteiger partial charge on any atom is -0.399 e. The van der Waals surface area contributed by atoms with Crippen LogP contribution in [0.4, 0.5) is 10.1 Å². The van der Waals surface area contributed by atoms with Gasteiger partial charge < -0.3 is 5.73 Å². The quantitative estimate of drug-likeness (QED) is 0.636. The first-order chi connectivity index (χ1) is 8.99. The van der Waals surface area contributed by atoms with E-state index in [9.17, 15) is 4.39 Å². The van der Waals surface area contributed by atoms with Crippen LogP contribution in [0.1, 0.15) is 25.0 Å². The third-order valence-corrected chi connectivity index (χ3v) is 3.07. The zero-order chi connectivity index (χ0) is 14.8. The summed E-state index contributed by atoms with van der Waals surface area (Å²) < 4.78 is 13.1. The summed E-state index contributed by atoms with van der Waals surface area (Å²) in [5.41, 5.74) is 8.56. The first-order valence-electron chi connectivity index (χ1n) is 6.23. The molecule has 0 heterocycles. The minimum atomic E-state index is -0.201. The van der Waals surface area contributed by atoms with Gasteiger partial charge in [0.15, 0.2) is 0 Å². The van der Waals surface area contributed by atoms with Gasteiger partial charge in [-0.2, -0.15) is 0 Å². The van der Waals surface area contributed by atoms with E-state index in [2.05, 4.69) is 15.9 Å². The molecule has 0 radical (unpaired) electrons. The Morgan fingerprint density at radius 3 is 1.84 bits per heavy atom. The van der Waals surface area contributed by atoms with Crippen LogP contribution >= 0.6 is 15.9 Å². The summed E-state index contributed by atoms with van der Waals surface area (Å²) in [5, 5.41) is 0. The molecule has 0 saturated carbocycles. The normalized spacial score (nSPS) is 8.74. The summed E-state index contributed by atoms with van der Waals surface area (Å²) in [6.07, 6.45) is 0. The molecular weight excluding hydrogens is 305 g/mol. The Kier molecular flexibility index (Phi) is 8.88. The first-order valence-corrected chi connectivity index (χ1v) is 7.02. The third-order valence-electron chi connectivity index (χ3n) is 2.21. The molecule has 2 aromatic rings. The molecule has 2 rings (SSSR count). The molecule has 0 fully saturated rings. The van der Waals surface area contributed by atoms with E-state index >= 15 is 0 Å². The largest absolute Gasteiger partial charge is 0.399 e. The van der Waals surface area contributed by atoms with Crippen LogP contribution in [0.2, 0.25) is 0 Å². The minimum absolute atomic E-state index is 0.201. The fourth-order valence-corrected chi connectivity index (χ4v) is 1.48. The fraction of sp³-hybridized carbons (Fsp3) is 0.250. The van der Waals surface area contributed by atoms with Crippen molar-refractivity contribution in [1.29, 1.82) is 0 Å². The van der Waals surface area contributed by atoms with Crippen molar-refractivity contribution in [1.82, 2.24) is 0 Å². The molecule has 0 aliphatic carbocycles. The lowest BCUT2D eigenvalue weighted by Gasteiger charge is -1.94. The Bertz CT molecular complexity index is 460. The number of hydrogen-bond acceptors (Lipinski definition) is 1. The lowest BCUT2D eigenvalue weighted by molar-refractivity contribution is 0.626. The highest BCUT2D eigenvalue weighted by Gasteiger charge is 1.93. The standard InChI is InChI=1S/C7H6BrF.C7H9N.C2H6/c1-5-2-3-6(9)4-7(5)8;1-6-2-4-7(8)5-3-6;1-2/h2-4H,1H3;2-5H,8H2,1H3;1-2H3. The molecule has 0 bridgehead atoms. The van der Waals surface area contributed by atoms with Gasteiger partial charge in [-0.15, -0.1) is 0 Å². The Balaban J connectivity index is 0.000000303. The number of aryl methyl sites for hydroxylation is 2. The monoisotopic (exact) mass is 325 g/mol. The molecule has 0 aromatic heterocycles. The molecule has 0 aliphatic rings. The van der Waals surface area contributed by atoms with Crippen molar-refractivity contribution in [2.75, 3.05) is 5.73 Å². The summed E-state index contributed by atoms with van der Waals surface area (Å²) in [6.45, 7) is 7.96. The predicted molar refractivity (Wildman–Crippen MR) is 85.8 cm³/mol. The van der Waals surface area contributed by atoms with Crippen LogP contribution < -0.4 is 5.73 Å². The van der Waals surface area contributed by atoms with Crippen molar-refractivity contribution in [3.63, 3.8) is 0 Å². The van der Waals surface area contributed by atoms with Gasteiger partial charge in [0.25, 0.3) is 0 Å². The zero-order valence-corrected chi connectivity index (χ0v) is 13.5. The molecule has 0 saturated heterocycles. The van der Waals surface area contributed by atoms with E-state index in [-0.39, 0.29) is 5.82 Å². The van der Waals surface area contributed by atoms with Crippen LogP contribution in [0.3, 0.4) is 0 Å². The van der Waals surface area contributed by atoms with Crippen molar-refractivity contribution in [3.8, 4) is 0 Å². The van der Waals surface area contributed by atoms with E-state index < -0.39 is 0 Å². The number of benzene rings is 2. The van der Waals surface area contributed by atoms with Crippen LogP contribution in [-0.2, 0) is 0 Å². The van der Waals surface area contributed by atoms with E-state index in [4.69, 9.17) is 5.73 Å². The van der Waals surface area contributed by atoms with Gasteiger partial charge in [-0.1, -0.05) is 53.5 Å². The van der Waals surface area contributed by atoms with Crippen LogP contribution in [-0.4, -0.2) is 0 Å². The van der Waals surface area contributed by atoms with Gasteiger partial charge in [-0.3, -0.25) is 0 Å². The van der Waals surface area contributed by atoms with Gasteiger partial charge >= 0.3 is 0 Å². The smallest absolute Gasteiger partial charge is 0.124 e. The van der Waals surface area contributed by atoms with Gasteiger partial charge in [0, 0.05) is 10.2 Å². The molecular formula is C16H21BrFN. The van der Waals surface area contributed by atoms with Crippen LogP contribution in [0.15, 0.2) is 46.9 Å². The Morgan fingerprint density at radius 1 is 0.947 bits per heavy atom. The molecule has 0 aliphatic heterocycles. The highest BCUT2D eigenvalue weighted by molar-refractivity contribution is 9.10. The Hall–Kier alpha value is -1.35. The van der Waals surface area contributed by atoms with Crippen molar-refractivity contribution in [2.24, 2.45) is 0 Å². The maximum Gasteiger partial charge on any atom is 0.124 e. The van der Waals surface area contributed by atoms with Crippen molar-refractivity contribution < 1.29 is 4.39 Å². The second kappa shape index (κ2) is 9.56. The average Bonchev–Trinajstić information content (AvgIpc) is 2.41. The molecule has 2 N–H and O–H groups in total. The van der Waals surface area contributed by atoms with Crippen LogP contribution in [0.5, 0.6) is 0 Å². The average molecular weight is 326 g/mol. The summed E-state index contributed by atoms with van der Waals surface area (Å²) in [4.78, 5) is 0. The molecule has 0 unspecified atom stereocenters. The number of rotatable bonds is 0. The molecule has 1 nitrogen and oxygen atoms in total. The summed E-state index contributed by atoms with van der Waals surface area (Å²) in [6, 6.07) is 12.4. The van der Waals surface area contributed by atoms with Crippen molar-refractivity contribution in [3.05, 3.63) is 63.9 Å². The van der Waals surface area contributed by atoms with Crippen LogP contribution in [0.25, 0.3) is 0 Å². The second-order valence-corrected chi connectivity index (χ2v) is 4.66. The maximum atomic E-state index is 12.3. The lowest BCUT2D eigenvalue weighted by Crippen LogP contribution is -1.81. The summed E-state index contributed by atoms with van der Waals surface area (Å²) in [5.74, 6) is -0.201. The lowest BCUT2D eigenvalue weighted by atomic mass is 10.2. The molecule has 0 atom stereocenters. The molecule has 0 amide bonds. The second-order valence-electron chi connectivity index (χ2n) is 3.80. The number of anilines is 1. The maximum absolute atomic E-state index is 12.3. The van der Waals surface area contributed by atoms with Gasteiger partial charge in [-0.05, 0) is 43.7 Å². The van der Waals surface area contributed by atoms with E-state index in [1.165, 1.54) is 17.7 Å². The summed E-state index contributed by atoms with van der Waals surface area (Å²) >= 11 is 3.21. The number of halogens is 2. The molecule has 0 spiro atoms. The third kappa shape index (κ3) is 7.62. The number of nitrogen functional groups attached to an aromatic ring is 1. The van der Waals surface area contributed by atoms with E-state index in [0.717, 1.165) is 15.7 Å². The van der Waals surface area contributed by atoms with Gasteiger partial charge in [-0.25, -0.2) is 4.39 Å². The van der Waals surface area contributed by atoms with Crippen molar-refractivity contribution >= 4 is 21.6 Å². The topological polar surface area (TPSA) is 26.0 Å². The molecule has 104 valence electrons. The fourth-order valence-electron chi connectivity index (χ4n) is 1.13. The Morgan fingerprint density at radius 2 is 1.47 bits per heavy atom. The summed E-state index contributed by atoms with van der Waals surface area (Å²) in [7, 11) is 0. The molecule has 3 heteroatoms. The SMILES string of the molecule is CC.Cc1ccc(F)cc1Br.Cc1ccc(N)cc1. The van der Waals surface area contributed by atoms with Gasteiger partial charge in [0.1, 0.15) is 5.82 Å². The first kappa shape index (κ1) is 17.6. The van der Waals surface area contributed by atoms with Crippen molar-refractivity contribution in [2.45, 2.75) is 27.7 Å².